The zero-order chi connectivity index (χ0) is 28.3. The van der Waals surface area contributed by atoms with Gasteiger partial charge >= 0.3 is 17.9 Å². The van der Waals surface area contributed by atoms with Crippen LogP contribution in [0.5, 0.6) is 0 Å². The standard InChI is InChI=1S/C28H27NO10/c1-15(30)36-14-20-24(37-16(2)31)25(38-17(3)32)23(28(35)39-20)29-26(33)21(18-10-6-4-7-11-18)22(27(29)34)19-12-8-5-9-13-19/h4-13,20,23-25,28,35H,14H2,1-3H3/t20-,23-,24-,25-,28-/m1/s1. The van der Waals surface area contributed by atoms with E-state index in [1.54, 1.807) is 60.7 Å². The van der Waals surface area contributed by atoms with E-state index in [1.165, 1.54) is 0 Å². The van der Waals surface area contributed by atoms with Crippen LogP contribution in [0.2, 0.25) is 0 Å². The molecule has 0 aliphatic carbocycles. The van der Waals surface area contributed by atoms with Gasteiger partial charge in [-0.25, -0.2) is 0 Å². The highest BCUT2D eigenvalue weighted by molar-refractivity contribution is 6.49. The molecule has 0 spiro atoms. The molecular weight excluding hydrogens is 510 g/mol. The number of imide groups is 1. The lowest BCUT2D eigenvalue weighted by Gasteiger charge is -2.45. The van der Waals surface area contributed by atoms with E-state index in [2.05, 4.69) is 0 Å². The summed E-state index contributed by atoms with van der Waals surface area (Å²) in [5.74, 6) is -3.84. The first-order valence-corrected chi connectivity index (χ1v) is 12.1. The van der Waals surface area contributed by atoms with E-state index in [0.717, 1.165) is 25.7 Å². The minimum absolute atomic E-state index is 0.0756. The molecule has 1 N–H and O–H groups in total. The van der Waals surface area contributed by atoms with Crippen LogP contribution in [0.15, 0.2) is 60.7 Å². The van der Waals surface area contributed by atoms with Crippen molar-refractivity contribution < 1.29 is 48.0 Å². The Bertz CT molecular complexity index is 1240. The summed E-state index contributed by atoms with van der Waals surface area (Å²) >= 11 is 0. The molecule has 0 radical (unpaired) electrons. The number of nitrogens with zero attached hydrogens (tertiary/aromatic N) is 1. The van der Waals surface area contributed by atoms with Gasteiger partial charge in [-0.15, -0.1) is 0 Å². The zero-order valence-electron chi connectivity index (χ0n) is 21.4. The number of rotatable bonds is 7. The first-order valence-electron chi connectivity index (χ1n) is 12.1. The molecule has 1 fully saturated rings. The van der Waals surface area contributed by atoms with Gasteiger partial charge in [0.05, 0.1) is 11.1 Å². The summed E-state index contributed by atoms with van der Waals surface area (Å²) in [4.78, 5) is 64.3. The molecular formula is C28H27NO10. The number of benzene rings is 2. The van der Waals surface area contributed by atoms with Crippen LogP contribution in [0.3, 0.4) is 0 Å². The van der Waals surface area contributed by atoms with Gasteiger partial charge in [0.1, 0.15) is 18.8 Å². The SMILES string of the molecule is CC(=O)OC[C@H]1O[C@@H](O)[C@H](N2C(=O)C(c3ccccc3)=C(c3ccccc3)C2=O)[C@@H](OC(C)=O)[C@@H]1OC(C)=O. The highest BCUT2D eigenvalue weighted by Gasteiger charge is 2.57. The van der Waals surface area contributed by atoms with Crippen LogP contribution in [0.25, 0.3) is 11.1 Å². The number of carbonyl (C=O) groups is 5. The van der Waals surface area contributed by atoms with E-state index in [1.807, 2.05) is 0 Å². The van der Waals surface area contributed by atoms with Crippen molar-refractivity contribution in [1.29, 1.82) is 0 Å². The van der Waals surface area contributed by atoms with Crippen LogP contribution in [0.1, 0.15) is 31.9 Å². The number of aliphatic hydroxyl groups is 1. The third-order valence-corrected chi connectivity index (χ3v) is 6.23. The Hall–Kier alpha value is -4.35. The van der Waals surface area contributed by atoms with E-state index in [9.17, 15) is 29.1 Å². The third-order valence-electron chi connectivity index (χ3n) is 6.23. The molecule has 5 atom stereocenters. The molecule has 2 amide bonds. The summed E-state index contributed by atoms with van der Waals surface area (Å²) in [7, 11) is 0. The molecule has 0 bridgehead atoms. The second kappa shape index (κ2) is 11.6. The maximum atomic E-state index is 14.0. The fourth-order valence-corrected chi connectivity index (χ4v) is 4.74. The minimum Gasteiger partial charge on any atom is -0.463 e. The van der Waals surface area contributed by atoms with Crippen LogP contribution in [0, 0.1) is 0 Å². The molecule has 2 aromatic carbocycles. The second-order valence-electron chi connectivity index (χ2n) is 8.97. The summed E-state index contributed by atoms with van der Waals surface area (Å²) in [5.41, 5.74) is 1.06. The van der Waals surface area contributed by atoms with Crippen LogP contribution >= 0.6 is 0 Å². The van der Waals surface area contributed by atoms with Gasteiger partial charge in [-0.2, -0.15) is 0 Å². The Morgan fingerprint density at radius 3 is 1.67 bits per heavy atom. The lowest BCUT2D eigenvalue weighted by molar-refractivity contribution is -0.275. The maximum absolute atomic E-state index is 14.0. The smallest absolute Gasteiger partial charge is 0.303 e. The molecule has 0 unspecified atom stereocenters. The summed E-state index contributed by atoms with van der Waals surface area (Å²) in [6, 6.07) is 15.4. The van der Waals surface area contributed by atoms with Gasteiger partial charge in [0.15, 0.2) is 18.5 Å². The first kappa shape index (κ1) is 27.7. The molecule has 11 heteroatoms. The second-order valence-corrected chi connectivity index (χ2v) is 8.97. The molecule has 2 heterocycles. The largest absolute Gasteiger partial charge is 0.463 e. The van der Waals surface area contributed by atoms with Crippen molar-refractivity contribution in [3.05, 3.63) is 71.8 Å². The number of carbonyl (C=O) groups excluding carboxylic acids is 5. The van der Waals surface area contributed by atoms with Gasteiger partial charge in [0, 0.05) is 20.8 Å². The Morgan fingerprint density at radius 2 is 1.23 bits per heavy atom. The molecule has 2 aromatic rings. The predicted octanol–water partition coefficient (Wildman–Crippen LogP) is 1.48. The van der Waals surface area contributed by atoms with E-state index in [4.69, 9.17) is 18.9 Å². The predicted molar refractivity (Wildman–Crippen MR) is 134 cm³/mol. The normalized spacial score (nSPS) is 24.9. The van der Waals surface area contributed by atoms with Crippen molar-refractivity contribution in [1.82, 2.24) is 4.90 Å². The molecule has 2 aliphatic heterocycles. The fraction of sp³-hybridized carbons (Fsp3) is 0.321. The van der Waals surface area contributed by atoms with E-state index in [0.29, 0.717) is 11.1 Å². The van der Waals surface area contributed by atoms with Crippen molar-refractivity contribution in [2.24, 2.45) is 0 Å². The molecule has 39 heavy (non-hydrogen) atoms. The highest BCUT2D eigenvalue weighted by atomic mass is 16.7. The van der Waals surface area contributed by atoms with E-state index in [-0.39, 0.29) is 11.1 Å². The average molecular weight is 538 g/mol. The average Bonchev–Trinajstić information content (AvgIpc) is 3.15. The summed E-state index contributed by atoms with van der Waals surface area (Å²) in [5, 5.41) is 11.1. The molecule has 0 saturated carbocycles. The number of hydrogen-bond donors (Lipinski definition) is 1. The summed E-state index contributed by atoms with van der Waals surface area (Å²) in [6.45, 7) is 2.87. The van der Waals surface area contributed by atoms with Gasteiger partial charge in [0.25, 0.3) is 11.8 Å². The van der Waals surface area contributed by atoms with Crippen LogP contribution < -0.4 is 0 Å². The Kier molecular flexibility index (Phi) is 8.22. The van der Waals surface area contributed by atoms with Gasteiger partial charge in [-0.3, -0.25) is 28.9 Å². The third kappa shape index (κ3) is 5.74. The Labute approximate surface area is 223 Å². The topological polar surface area (TPSA) is 146 Å². The van der Waals surface area contributed by atoms with Crippen LogP contribution in [-0.2, 0) is 42.9 Å². The highest BCUT2D eigenvalue weighted by Crippen LogP contribution is 2.40. The molecule has 204 valence electrons. The monoisotopic (exact) mass is 537 g/mol. The molecule has 1 saturated heterocycles. The van der Waals surface area contributed by atoms with Gasteiger partial charge < -0.3 is 24.1 Å². The van der Waals surface area contributed by atoms with Gasteiger partial charge in [0.2, 0.25) is 0 Å². The number of aliphatic hydroxyl groups excluding tert-OH is 1. The van der Waals surface area contributed by atoms with E-state index >= 15 is 0 Å². The summed E-state index contributed by atoms with van der Waals surface area (Å²) < 4.78 is 21.4. The van der Waals surface area contributed by atoms with E-state index < -0.39 is 67.0 Å². The lowest BCUT2D eigenvalue weighted by Crippen LogP contribution is -2.67. The molecule has 11 nitrogen and oxygen atoms in total. The molecule has 0 aromatic heterocycles. The summed E-state index contributed by atoms with van der Waals surface area (Å²) in [6.07, 6.45) is -6.13. The maximum Gasteiger partial charge on any atom is 0.303 e. The Morgan fingerprint density at radius 1 is 0.769 bits per heavy atom. The lowest BCUT2D eigenvalue weighted by atomic mass is 9.94. The van der Waals surface area contributed by atoms with Crippen molar-refractivity contribution in [3.8, 4) is 0 Å². The van der Waals surface area contributed by atoms with Crippen molar-refractivity contribution in [2.75, 3.05) is 6.61 Å². The first-order chi connectivity index (χ1) is 18.6. The van der Waals surface area contributed by atoms with Crippen molar-refractivity contribution >= 4 is 40.9 Å². The Balaban J connectivity index is 1.82. The van der Waals surface area contributed by atoms with Crippen molar-refractivity contribution in [3.63, 3.8) is 0 Å². The van der Waals surface area contributed by atoms with Crippen LogP contribution in [0.4, 0.5) is 0 Å². The minimum atomic E-state index is -1.89. The van der Waals surface area contributed by atoms with Gasteiger partial charge in [-0.05, 0) is 11.1 Å². The quantitative estimate of drug-likeness (QED) is 0.313. The number of esters is 3. The van der Waals surface area contributed by atoms with Crippen molar-refractivity contribution in [2.45, 2.75) is 51.4 Å². The fourth-order valence-electron chi connectivity index (χ4n) is 4.74. The molecule has 4 rings (SSSR count). The number of ether oxygens (including phenoxy) is 4. The zero-order valence-corrected chi connectivity index (χ0v) is 21.4. The molecule has 2 aliphatic rings. The van der Waals surface area contributed by atoms with Gasteiger partial charge in [-0.1, -0.05) is 60.7 Å². The number of amides is 2. The van der Waals surface area contributed by atoms with Crippen LogP contribution in [-0.4, -0.2) is 77.0 Å². The number of hydrogen-bond acceptors (Lipinski definition) is 10.